The fourth-order valence-corrected chi connectivity index (χ4v) is 2.37. The first-order valence-corrected chi connectivity index (χ1v) is 7.61. The molecular weight excluding hydrogens is 308 g/mol. The summed E-state index contributed by atoms with van der Waals surface area (Å²) in [4.78, 5) is 12.0. The average Bonchev–Trinajstić information content (AvgIpc) is 3.05. The molecule has 0 saturated heterocycles. The molecule has 0 aliphatic rings. The number of halogens is 1. The third-order valence-electron chi connectivity index (χ3n) is 3.54. The van der Waals surface area contributed by atoms with Gasteiger partial charge >= 0.3 is 0 Å². The van der Waals surface area contributed by atoms with Gasteiger partial charge in [-0.3, -0.25) is 9.89 Å². The predicted molar refractivity (Wildman–Crippen MR) is 93.6 cm³/mol. The molecule has 3 rings (SSSR count). The highest BCUT2D eigenvalue weighted by Crippen LogP contribution is 2.24. The summed E-state index contributed by atoms with van der Waals surface area (Å²) in [5.74, 6) is -0.0415. The van der Waals surface area contributed by atoms with Crippen molar-refractivity contribution < 1.29 is 4.79 Å². The maximum atomic E-state index is 12.0. The number of carbonyl (C=O) groups is 1. The molecule has 3 nitrogen and oxygen atoms in total. The van der Waals surface area contributed by atoms with E-state index in [4.69, 9.17) is 11.6 Å². The summed E-state index contributed by atoms with van der Waals surface area (Å²) in [6.07, 6.45) is 3.26. The van der Waals surface area contributed by atoms with E-state index < -0.39 is 0 Å². The van der Waals surface area contributed by atoms with Gasteiger partial charge in [-0.1, -0.05) is 54.1 Å². The van der Waals surface area contributed by atoms with Crippen LogP contribution in [0.3, 0.4) is 0 Å². The number of ketones is 1. The summed E-state index contributed by atoms with van der Waals surface area (Å²) < 4.78 is 0. The van der Waals surface area contributed by atoms with Crippen LogP contribution in [-0.2, 0) is 0 Å². The minimum Gasteiger partial charge on any atom is -0.289 e. The summed E-state index contributed by atoms with van der Waals surface area (Å²) >= 11 is 6.14. The molecule has 0 bridgehead atoms. The summed E-state index contributed by atoms with van der Waals surface area (Å²) in [7, 11) is 0. The average molecular weight is 323 g/mol. The second-order valence-electron chi connectivity index (χ2n) is 5.24. The molecule has 23 heavy (non-hydrogen) atoms. The van der Waals surface area contributed by atoms with Gasteiger partial charge in [0.25, 0.3) is 0 Å². The SMILES string of the molecule is Cc1ccc(-c2cc(/C=C/C(=O)c3ccccc3)[nH]n2)cc1Cl. The Morgan fingerprint density at radius 1 is 1.13 bits per heavy atom. The number of benzene rings is 2. The van der Waals surface area contributed by atoms with Crippen LogP contribution >= 0.6 is 11.6 Å². The zero-order valence-corrected chi connectivity index (χ0v) is 13.3. The molecule has 0 radical (unpaired) electrons. The summed E-state index contributed by atoms with van der Waals surface area (Å²) in [5, 5.41) is 7.88. The van der Waals surface area contributed by atoms with E-state index in [9.17, 15) is 4.79 Å². The topological polar surface area (TPSA) is 45.8 Å². The molecule has 3 aromatic rings. The van der Waals surface area contributed by atoms with Gasteiger partial charge in [-0.05, 0) is 36.8 Å². The first-order chi connectivity index (χ1) is 11.1. The van der Waals surface area contributed by atoms with Gasteiger partial charge in [0, 0.05) is 16.1 Å². The number of allylic oxidation sites excluding steroid dienone is 1. The van der Waals surface area contributed by atoms with Crippen LogP contribution in [0.2, 0.25) is 5.02 Å². The number of hydrogen-bond acceptors (Lipinski definition) is 2. The second kappa shape index (κ2) is 6.63. The van der Waals surface area contributed by atoms with Crippen LogP contribution in [0.1, 0.15) is 21.6 Å². The molecule has 0 aliphatic heterocycles. The summed E-state index contributed by atoms with van der Waals surface area (Å²) in [6.45, 7) is 1.96. The number of carbonyl (C=O) groups excluding carboxylic acids is 1. The van der Waals surface area contributed by atoms with E-state index in [1.54, 1.807) is 18.2 Å². The maximum absolute atomic E-state index is 12.0. The molecular formula is C19H15ClN2O. The van der Waals surface area contributed by atoms with E-state index in [1.807, 2.05) is 49.4 Å². The van der Waals surface area contributed by atoms with Crippen LogP contribution < -0.4 is 0 Å². The van der Waals surface area contributed by atoms with Crippen molar-refractivity contribution in [2.45, 2.75) is 6.92 Å². The molecule has 0 spiro atoms. The first kappa shape index (κ1) is 15.3. The fourth-order valence-electron chi connectivity index (χ4n) is 2.19. The van der Waals surface area contributed by atoms with Crippen molar-refractivity contribution >= 4 is 23.5 Å². The zero-order chi connectivity index (χ0) is 16.2. The molecule has 0 saturated carbocycles. The number of aryl methyl sites for hydroxylation is 1. The van der Waals surface area contributed by atoms with Crippen LogP contribution in [-0.4, -0.2) is 16.0 Å². The minimum absolute atomic E-state index is 0.0415. The number of H-pyrrole nitrogens is 1. The van der Waals surface area contributed by atoms with E-state index in [0.717, 1.165) is 22.5 Å². The predicted octanol–water partition coefficient (Wildman–Crippen LogP) is 4.93. The Morgan fingerprint density at radius 2 is 1.91 bits per heavy atom. The molecule has 0 fully saturated rings. The number of aromatic nitrogens is 2. The summed E-state index contributed by atoms with van der Waals surface area (Å²) in [5.41, 5.74) is 4.18. The van der Waals surface area contributed by atoms with E-state index in [1.165, 1.54) is 6.08 Å². The van der Waals surface area contributed by atoms with Gasteiger partial charge in [-0.25, -0.2) is 0 Å². The van der Waals surface area contributed by atoms with Crippen molar-refractivity contribution in [2.24, 2.45) is 0 Å². The normalized spacial score (nSPS) is 11.0. The first-order valence-electron chi connectivity index (χ1n) is 7.23. The Labute approximate surface area is 139 Å². The highest BCUT2D eigenvalue weighted by Gasteiger charge is 2.05. The Kier molecular flexibility index (Phi) is 4.40. The highest BCUT2D eigenvalue weighted by molar-refractivity contribution is 6.31. The minimum atomic E-state index is -0.0415. The van der Waals surface area contributed by atoms with Crippen LogP contribution in [0.25, 0.3) is 17.3 Å². The Balaban J connectivity index is 1.78. The van der Waals surface area contributed by atoms with E-state index in [-0.39, 0.29) is 5.78 Å². The zero-order valence-electron chi connectivity index (χ0n) is 12.6. The fraction of sp³-hybridized carbons (Fsp3) is 0.0526. The van der Waals surface area contributed by atoms with Crippen LogP contribution in [0.4, 0.5) is 0 Å². The third-order valence-corrected chi connectivity index (χ3v) is 3.95. The van der Waals surface area contributed by atoms with Crippen molar-refractivity contribution in [3.05, 3.63) is 82.5 Å². The Morgan fingerprint density at radius 3 is 2.65 bits per heavy atom. The molecule has 0 aliphatic carbocycles. The molecule has 2 aromatic carbocycles. The second-order valence-corrected chi connectivity index (χ2v) is 5.64. The lowest BCUT2D eigenvalue weighted by Crippen LogP contribution is -1.92. The number of nitrogens with zero attached hydrogens (tertiary/aromatic N) is 1. The molecule has 1 N–H and O–H groups in total. The van der Waals surface area contributed by atoms with Gasteiger partial charge < -0.3 is 0 Å². The van der Waals surface area contributed by atoms with Gasteiger partial charge in [0.15, 0.2) is 5.78 Å². The lowest BCUT2D eigenvalue weighted by atomic mass is 10.1. The quantitative estimate of drug-likeness (QED) is 0.546. The molecule has 1 aromatic heterocycles. The standard InChI is InChI=1S/C19H15ClN2O/c1-13-7-8-15(11-17(13)20)18-12-16(21-22-18)9-10-19(23)14-5-3-2-4-6-14/h2-12H,1H3,(H,21,22)/b10-9+. The molecule has 0 amide bonds. The van der Waals surface area contributed by atoms with Gasteiger partial charge in [-0.15, -0.1) is 0 Å². The molecule has 4 heteroatoms. The van der Waals surface area contributed by atoms with Crippen LogP contribution in [0.5, 0.6) is 0 Å². The van der Waals surface area contributed by atoms with E-state index in [2.05, 4.69) is 10.2 Å². The van der Waals surface area contributed by atoms with Crippen molar-refractivity contribution in [1.82, 2.24) is 10.2 Å². The van der Waals surface area contributed by atoms with Gasteiger partial charge in [-0.2, -0.15) is 5.10 Å². The largest absolute Gasteiger partial charge is 0.289 e. The number of aromatic amines is 1. The van der Waals surface area contributed by atoms with Crippen LogP contribution in [0.15, 0.2) is 60.7 Å². The van der Waals surface area contributed by atoms with E-state index >= 15 is 0 Å². The molecule has 114 valence electrons. The lowest BCUT2D eigenvalue weighted by Gasteiger charge is -2.00. The van der Waals surface area contributed by atoms with Crippen molar-refractivity contribution in [1.29, 1.82) is 0 Å². The smallest absolute Gasteiger partial charge is 0.185 e. The van der Waals surface area contributed by atoms with E-state index in [0.29, 0.717) is 10.6 Å². The number of nitrogens with one attached hydrogen (secondary N) is 1. The van der Waals surface area contributed by atoms with Gasteiger partial charge in [0.05, 0.1) is 11.4 Å². The van der Waals surface area contributed by atoms with Crippen LogP contribution in [0, 0.1) is 6.92 Å². The number of hydrogen-bond donors (Lipinski definition) is 1. The molecule has 1 heterocycles. The van der Waals surface area contributed by atoms with Gasteiger partial charge in [0.2, 0.25) is 0 Å². The van der Waals surface area contributed by atoms with Crippen molar-refractivity contribution in [2.75, 3.05) is 0 Å². The Bertz CT molecular complexity index is 866. The van der Waals surface area contributed by atoms with Crippen molar-refractivity contribution in [3.8, 4) is 11.3 Å². The highest BCUT2D eigenvalue weighted by atomic mass is 35.5. The molecule has 0 unspecified atom stereocenters. The summed E-state index contributed by atoms with van der Waals surface area (Å²) in [6, 6.07) is 16.9. The third kappa shape index (κ3) is 3.58. The molecule has 0 atom stereocenters. The number of rotatable bonds is 4. The van der Waals surface area contributed by atoms with Gasteiger partial charge in [0.1, 0.15) is 0 Å². The maximum Gasteiger partial charge on any atom is 0.185 e. The monoisotopic (exact) mass is 322 g/mol. The van der Waals surface area contributed by atoms with Crippen molar-refractivity contribution in [3.63, 3.8) is 0 Å². The lowest BCUT2D eigenvalue weighted by molar-refractivity contribution is 0.104. The Hall–Kier alpha value is -2.65.